The molecule has 0 radical (unpaired) electrons. The molecule has 1 aliphatic heterocycles. The van der Waals surface area contributed by atoms with Gasteiger partial charge in [-0.2, -0.15) is 0 Å². The van der Waals surface area contributed by atoms with Gasteiger partial charge in [-0.1, -0.05) is 46.9 Å². The van der Waals surface area contributed by atoms with Crippen molar-refractivity contribution in [3.05, 3.63) is 79.0 Å². The monoisotopic (exact) mass is 440 g/mol. The predicted octanol–water partition coefficient (Wildman–Crippen LogP) is 5.11. The molecule has 0 fully saturated rings. The average molecular weight is 442 g/mol. The number of rotatable bonds is 4. The molecule has 1 N–H and O–H groups in total. The van der Waals surface area contributed by atoms with Crippen molar-refractivity contribution < 1.29 is 19.2 Å². The van der Waals surface area contributed by atoms with Crippen LogP contribution in [0.2, 0.25) is 15.1 Å². The molecule has 1 aliphatic rings. The Bertz CT molecular complexity index is 1020. The first-order valence-electron chi connectivity index (χ1n) is 7.86. The van der Waals surface area contributed by atoms with Crippen molar-refractivity contribution in [2.45, 2.75) is 12.5 Å². The van der Waals surface area contributed by atoms with Crippen LogP contribution in [0.3, 0.4) is 0 Å². The molecule has 10 heteroatoms. The van der Waals surface area contributed by atoms with Crippen LogP contribution in [-0.4, -0.2) is 16.6 Å². The SMILES string of the molecule is O=C1C=C(C(=O)Nc2cc(Cl)c(Cl)cc2Cl)OC(c2cccc([N+](=O)[O-])c2)C1. The van der Waals surface area contributed by atoms with Crippen molar-refractivity contribution >= 4 is 57.9 Å². The van der Waals surface area contributed by atoms with Crippen molar-refractivity contribution in [1.82, 2.24) is 0 Å². The molecule has 1 amide bonds. The maximum atomic E-state index is 12.5. The number of anilines is 1. The largest absolute Gasteiger partial charge is 0.479 e. The van der Waals surface area contributed by atoms with Gasteiger partial charge in [0.05, 0.1) is 32.1 Å². The third kappa shape index (κ3) is 4.44. The number of ketones is 1. The summed E-state index contributed by atoms with van der Waals surface area (Å²) >= 11 is 17.8. The number of carbonyl (C=O) groups excluding carboxylic acids is 2. The third-order valence-corrected chi connectivity index (χ3v) is 4.92. The molecular formula is C18H11Cl3N2O5. The summed E-state index contributed by atoms with van der Waals surface area (Å²) in [5, 5.41) is 14.0. The zero-order chi connectivity index (χ0) is 20.4. The third-order valence-electron chi connectivity index (χ3n) is 3.88. The predicted molar refractivity (Wildman–Crippen MR) is 105 cm³/mol. The van der Waals surface area contributed by atoms with Crippen LogP contribution in [0.1, 0.15) is 18.1 Å². The van der Waals surface area contributed by atoms with Gasteiger partial charge < -0.3 is 10.1 Å². The Kier molecular flexibility index (Phi) is 5.88. The van der Waals surface area contributed by atoms with Gasteiger partial charge in [-0.25, -0.2) is 0 Å². The fraction of sp³-hybridized carbons (Fsp3) is 0.111. The highest BCUT2D eigenvalue weighted by molar-refractivity contribution is 6.44. The van der Waals surface area contributed by atoms with E-state index in [0.29, 0.717) is 5.56 Å². The summed E-state index contributed by atoms with van der Waals surface area (Å²) in [7, 11) is 0. The number of halogens is 3. The molecule has 0 spiro atoms. The molecular weight excluding hydrogens is 431 g/mol. The molecule has 3 rings (SSSR count). The highest BCUT2D eigenvalue weighted by Gasteiger charge is 2.28. The molecule has 7 nitrogen and oxygen atoms in total. The second-order valence-electron chi connectivity index (χ2n) is 5.84. The normalized spacial score (nSPS) is 16.2. The summed E-state index contributed by atoms with van der Waals surface area (Å²) in [5.74, 6) is -1.31. The number of allylic oxidation sites excluding steroid dienone is 1. The first-order valence-corrected chi connectivity index (χ1v) is 8.99. The Hall–Kier alpha value is -2.61. The van der Waals surface area contributed by atoms with E-state index in [2.05, 4.69) is 5.32 Å². The lowest BCUT2D eigenvalue weighted by atomic mass is 10.0. The number of nitrogens with one attached hydrogen (secondary N) is 1. The number of benzene rings is 2. The number of carbonyl (C=O) groups is 2. The second-order valence-corrected chi connectivity index (χ2v) is 7.06. The number of non-ortho nitro benzene ring substituents is 1. The van der Waals surface area contributed by atoms with E-state index in [1.54, 1.807) is 6.07 Å². The topological polar surface area (TPSA) is 98.5 Å². The van der Waals surface area contributed by atoms with Crippen LogP contribution in [0, 0.1) is 10.1 Å². The van der Waals surface area contributed by atoms with E-state index in [1.165, 1.54) is 30.3 Å². The number of hydrogen-bond acceptors (Lipinski definition) is 5. The van der Waals surface area contributed by atoms with Gasteiger partial charge in [0, 0.05) is 18.2 Å². The minimum absolute atomic E-state index is 0.0501. The molecule has 1 unspecified atom stereocenters. The second kappa shape index (κ2) is 8.18. The van der Waals surface area contributed by atoms with E-state index in [-0.39, 0.29) is 44.4 Å². The van der Waals surface area contributed by atoms with Gasteiger partial charge in [0.15, 0.2) is 11.5 Å². The lowest BCUT2D eigenvalue weighted by molar-refractivity contribution is -0.385. The van der Waals surface area contributed by atoms with Gasteiger partial charge in [0.1, 0.15) is 6.10 Å². The van der Waals surface area contributed by atoms with Crippen molar-refractivity contribution in [3.63, 3.8) is 0 Å². The zero-order valence-electron chi connectivity index (χ0n) is 13.9. The number of ether oxygens (including phenoxy) is 1. The Morgan fingerprint density at radius 1 is 1.14 bits per heavy atom. The van der Waals surface area contributed by atoms with Crippen LogP contribution in [-0.2, 0) is 14.3 Å². The van der Waals surface area contributed by atoms with Crippen LogP contribution in [0.15, 0.2) is 48.2 Å². The Balaban J connectivity index is 1.82. The van der Waals surface area contributed by atoms with Crippen LogP contribution < -0.4 is 5.32 Å². The lowest BCUT2D eigenvalue weighted by Gasteiger charge is -2.23. The van der Waals surface area contributed by atoms with Crippen LogP contribution in [0.5, 0.6) is 0 Å². The quantitative estimate of drug-likeness (QED) is 0.404. The number of hydrogen-bond donors (Lipinski definition) is 1. The van der Waals surface area contributed by atoms with Gasteiger partial charge in [-0.05, 0) is 17.7 Å². The summed E-state index contributed by atoms with van der Waals surface area (Å²) in [4.78, 5) is 35.0. The minimum Gasteiger partial charge on any atom is -0.479 e. The molecule has 28 heavy (non-hydrogen) atoms. The number of amides is 1. The maximum Gasteiger partial charge on any atom is 0.290 e. The van der Waals surface area contributed by atoms with Crippen LogP contribution in [0.4, 0.5) is 11.4 Å². The number of nitrogens with zero attached hydrogens (tertiary/aromatic N) is 1. The van der Waals surface area contributed by atoms with Crippen molar-refractivity contribution in [2.24, 2.45) is 0 Å². The smallest absolute Gasteiger partial charge is 0.290 e. The van der Waals surface area contributed by atoms with Crippen molar-refractivity contribution in [3.8, 4) is 0 Å². The summed E-state index contributed by atoms with van der Waals surface area (Å²) < 4.78 is 5.61. The minimum atomic E-state index is -0.831. The molecule has 144 valence electrons. The van der Waals surface area contributed by atoms with E-state index in [1.807, 2.05) is 0 Å². The average Bonchev–Trinajstić information content (AvgIpc) is 2.65. The molecule has 2 aromatic carbocycles. The maximum absolute atomic E-state index is 12.5. The summed E-state index contributed by atoms with van der Waals surface area (Å²) in [6, 6.07) is 8.43. The molecule has 0 aromatic heterocycles. The van der Waals surface area contributed by atoms with Gasteiger partial charge in [0.25, 0.3) is 11.6 Å². The van der Waals surface area contributed by atoms with E-state index >= 15 is 0 Å². The summed E-state index contributed by atoms with van der Waals surface area (Å²) in [5.41, 5.74) is 0.459. The van der Waals surface area contributed by atoms with Gasteiger partial charge in [-0.15, -0.1) is 0 Å². The highest BCUT2D eigenvalue weighted by atomic mass is 35.5. The first-order chi connectivity index (χ1) is 13.2. The molecule has 0 saturated carbocycles. The van der Waals surface area contributed by atoms with E-state index in [0.717, 1.165) is 6.08 Å². The fourth-order valence-electron chi connectivity index (χ4n) is 2.56. The lowest BCUT2D eigenvalue weighted by Crippen LogP contribution is -2.24. The Morgan fingerprint density at radius 2 is 1.86 bits per heavy atom. The van der Waals surface area contributed by atoms with E-state index < -0.39 is 16.9 Å². The van der Waals surface area contributed by atoms with E-state index in [4.69, 9.17) is 39.5 Å². The summed E-state index contributed by atoms with van der Waals surface area (Å²) in [6.45, 7) is 0. The number of nitro groups is 1. The standard InChI is InChI=1S/C18H11Cl3N2O5/c19-12-7-14(21)15(8-13(12)20)22-18(25)17-6-11(24)5-16(28-17)9-2-1-3-10(4-9)23(26)27/h1-4,6-8,16H,5H2,(H,22,25). The zero-order valence-corrected chi connectivity index (χ0v) is 16.2. The molecule has 2 aromatic rings. The molecule has 0 saturated heterocycles. The molecule has 0 aliphatic carbocycles. The van der Waals surface area contributed by atoms with Crippen molar-refractivity contribution in [1.29, 1.82) is 0 Å². The van der Waals surface area contributed by atoms with Crippen molar-refractivity contribution in [2.75, 3.05) is 5.32 Å². The van der Waals surface area contributed by atoms with Gasteiger partial charge >= 0.3 is 0 Å². The molecule has 1 atom stereocenters. The Labute approximate surface area is 174 Å². The van der Waals surface area contributed by atoms with Crippen LogP contribution in [0.25, 0.3) is 0 Å². The molecule has 1 heterocycles. The molecule has 0 bridgehead atoms. The van der Waals surface area contributed by atoms with Gasteiger partial charge in [0.2, 0.25) is 0 Å². The first kappa shape index (κ1) is 20.1. The summed E-state index contributed by atoms with van der Waals surface area (Å²) in [6.07, 6.45) is 0.183. The number of nitro benzene ring substituents is 1. The van der Waals surface area contributed by atoms with E-state index in [9.17, 15) is 19.7 Å². The highest BCUT2D eigenvalue weighted by Crippen LogP contribution is 2.34. The van der Waals surface area contributed by atoms with Crippen LogP contribution >= 0.6 is 34.8 Å². The Morgan fingerprint density at radius 3 is 2.57 bits per heavy atom. The van der Waals surface area contributed by atoms with Gasteiger partial charge in [-0.3, -0.25) is 19.7 Å². The fourth-order valence-corrected chi connectivity index (χ4v) is 3.16.